The Kier molecular flexibility index (Phi) is 9.34. The van der Waals surface area contributed by atoms with Crippen LogP contribution in [0.15, 0.2) is 48.5 Å². The summed E-state index contributed by atoms with van der Waals surface area (Å²) in [6.07, 6.45) is 0.645. The molecule has 4 amide bonds. The third-order valence-corrected chi connectivity index (χ3v) is 4.85. The number of hydrogen-bond acceptors (Lipinski definition) is 5. The molecule has 0 aromatic heterocycles. The van der Waals surface area contributed by atoms with Crippen molar-refractivity contribution in [1.82, 2.24) is 16.2 Å². The molecule has 2 rings (SSSR count). The second-order valence-corrected chi connectivity index (χ2v) is 7.21. The van der Waals surface area contributed by atoms with Crippen molar-refractivity contribution in [2.75, 3.05) is 6.61 Å². The third kappa shape index (κ3) is 7.50. The van der Waals surface area contributed by atoms with E-state index in [2.05, 4.69) is 16.2 Å². The molecule has 0 aliphatic heterocycles. The predicted octanol–water partition coefficient (Wildman–Crippen LogP) is 2.51. The van der Waals surface area contributed by atoms with Gasteiger partial charge in [-0.25, -0.2) is 4.79 Å². The Morgan fingerprint density at radius 2 is 1.50 bits per heavy atom. The van der Waals surface area contributed by atoms with Crippen LogP contribution in [0.4, 0.5) is 4.79 Å². The van der Waals surface area contributed by atoms with E-state index in [-0.39, 0.29) is 5.92 Å². The smallest absolute Gasteiger partial charge is 0.312 e. The van der Waals surface area contributed by atoms with Crippen LogP contribution in [0.3, 0.4) is 0 Å². The second kappa shape index (κ2) is 12.2. The van der Waals surface area contributed by atoms with Crippen molar-refractivity contribution in [3.63, 3.8) is 0 Å². The topological polar surface area (TPSA) is 132 Å². The molecule has 2 atom stereocenters. The van der Waals surface area contributed by atoms with Crippen LogP contribution in [0.2, 0.25) is 0 Å². The first-order valence-electron chi connectivity index (χ1n) is 10.4. The highest BCUT2D eigenvalue weighted by Gasteiger charge is 2.25. The Morgan fingerprint density at radius 1 is 0.906 bits per heavy atom. The average Bonchev–Trinajstić information content (AvgIpc) is 2.80. The number of amides is 4. The number of hydrogen-bond donors (Lipinski definition) is 4. The Morgan fingerprint density at radius 3 is 2.03 bits per heavy atom. The number of nitrogens with one attached hydrogen (secondary N) is 3. The van der Waals surface area contributed by atoms with E-state index in [1.165, 1.54) is 0 Å². The molecule has 0 aliphatic carbocycles. The molecule has 0 saturated heterocycles. The quantitative estimate of drug-likeness (QED) is 0.420. The maximum atomic E-state index is 12.3. The highest BCUT2D eigenvalue weighted by Crippen LogP contribution is 2.18. The number of carbonyl (C=O) groups is 3. The number of urea groups is 1. The molecule has 0 aliphatic rings. The molecule has 0 fully saturated rings. The fraction of sp³-hybridized carbons (Fsp3) is 0.348. The number of benzene rings is 2. The third-order valence-electron chi connectivity index (χ3n) is 4.85. The van der Waals surface area contributed by atoms with Gasteiger partial charge in [0.15, 0.2) is 0 Å². The van der Waals surface area contributed by atoms with Gasteiger partial charge in [0.05, 0.1) is 6.61 Å². The predicted molar refractivity (Wildman–Crippen MR) is 120 cm³/mol. The summed E-state index contributed by atoms with van der Waals surface area (Å²) in [6, 6.07) is 12.5. The SMILES string of the molecule is CCOc1ccc(OCc2ccc(C(=O)NNC(=O)C(NC(N)=O)C(C)CC)cc2)cc1. The zero-order chi connectivity index (χ0) is 23.5. The normalized spacial score (nSPS) is 12.2. The van der Waals surface area contributed by atoms with Gasteiger partial charge in [-0.2, -0.15) is 0 Å². The Labute approximate surface area is 187 Å². The number of carbonyl (C=O) groups excluding carboxylic acids is 3. The molecule has 5 N–H and O–H groups in total. The van der Waals surface area contributed by atoms with E-state index in [1.54, 1.807) is 31.2 Å². The first kappa shape index (κ1) is 24.5. The largest absolute Gasteiger partial charge is 0.494 e. The molecular weight excluding hydrogens is 412 g/mol. The lowest BCUT2D eigenvalue weighted by molar-refractivity contribution is -0.124. The van der Waals surface area contributed by atoms with Crippen molar-refractivity contribution in [2.45, 2.75) is 39.8 Å². The summed E-state index contributed by atoms with van der Waals surface area (Å²) in [5.74, 6) is 0.293. The van der Waals surface area contributed by atoms with Crippen LogP contribution in [-0.2, 0) is 11.4 Å². The van der Waals surface area contributed by atoms with Crippen molar-refractivity contribution in [3.05, 3.63) is 59.7 Å². The molecule has 0 radical (unpaired) electrons. The minimum atomic E-state index is -0.847. The van der Waals surface area contributed by atoms with E-state index in [0.717, 1.165) is 11.3 Å². The summed E-state index contributed by atoms with van der Waals surface area (Å²) in [7, 11) is 0. The van der Waals surface area contributed by atoms with Gasteiger partial charge in [0.25, 0.3) is 11.8 Å². The van der Waals surface area contributed by atoms with E-state index < -0.39 is 23.9 Å². The summed E-state index contributed by atoms with van der Waals surface area (Å²) in [6.45, 7) is 6.55. The maximum absolute atomic E-state index is 12.3. The highest BCUT2D eigenvalue weighted by atomic mass is 16.5. The van der Waals surface area contributed by atoms with Gasteiger partial charge in [-0.1, -0.05) is 32.4 Å². The van der Waals surface area contributed by atoms with Gasteiger partial charge in [0.2, 0.25) is 0 Å². The van der Waals surface area contributed by atoms with Gasteiger partial charge in [0, 0.05) is 5.56 Å². The molecule has 2 aromatic carbocycles. The van der Waals surface area contributed by atoms with Crippen LogP contribution in [0.5, 0.6) is 11.5 Å². The van der Waals surface area contributed by atoms with Crippen LogP contribution < -0.4 is 31.4 Å². The summed E-state index contributed by atoms with van der Waals surface area (Å²) in [5, 5.41) is 2.39. The van der Waals surface area contributed by atoms with Crippen LogP contribution >= 0.6 is 0 Å². The lowest BCUT2D eigenvalue weighted by Crippen LogP contribution is -2.55. The van der Waals surface area contributed by atoms with Crippen molar-refractivity contribution in [2.24, 2.45) is 11.7 Å². The van der Waals surface area contributed by atoms with Gasteiger partial charge < -0.3 is 20.5 Å². The minimum absolute atomic E-state index is 0.158. The highest BCUT2D eigenvalue weighted by molar-refractivity contribution is 5.96. The number of nitrogens with two attached hydrogens (primary N) is 1. The van der Waals surface area contributed by atoms with E-state index in [4.69, 9.17) is 15.2 Å². The summed E-state index contributed by atoms with van der Waals surface area (Å²) in [4.78, 5) is 35.8. The Hall–Kier alpha value is -3.75. The van der Waals surface area contributed by atoms with Gasteiger partial charge in [-0.05, 0) is 54.8 Å². The molecule has 2 aromatic rings. The van der Waals surface area contributed by atoms with Crippen molar-refractivity contribution >= 4 is 17.8 Å². The van der Waals surface area contributed by atoms with Gasteiger partial charge >= 0.3 is 6.03 Å². The first-order valence-corrected chi connectivity index (χ1v) is 10.4. The molecule has 0 heterocycles. The monoisotopic (exact) mass is 442 g/mol. The number of rotatable bonds is 10. The molecule has 0 spiro atoms. The molecule has 9 nitrogen and oxygen atoms in total. The van der Waals surface area contributed by atoms with Crippen molar-refractivity contribution < 1.29 is 23.9 Å². The number of primary amides is 1. The zero-order valence-electron chi connectivity index (χ0n) is 18.5. The molecule has 0 bridgehead atoms. The molecular formula is C23H30N4O5. The van der Waals surface area contributed by atoms with E-state index >= 15 is 0 Å². The fourth-order valence-corrected chi connectivity index (χ4v) is 2.84. The van der Waals surface area contributed by atoms with E-state index in [1.807, 2.05) is 38.1 Å². The first-order chi connectivity index (χ1) is 15.3. The van der Waals surface area contributed by atoms with Crippen LogP contribution in [-0.4, -0.2) is 30.5 Å². The van der Waals surface area contributed by atoms with Crippen LogP contribution in [0.1, 0.15) is 43.1 Å². The average molecular weight is 443 g/mol. The van der Waals surface area contributed by atoms with E-state index in [9.17, 15) is 14.4 Å². The molecule has 0 saturated carbocycles. The summed E-state index contributed by atoms with van der Waals surface area (Å²) < 4.78 is 11.1. The fourth-order valence-electron chi connectivity index (χ4n) is 2.84. The lowest BCUT2D eigenvalue weighted by atomic mass is 9.99. The number of ether oxygens (including phenoxy) is 2. The minimum Gasteiger partial charge on any atom is -0.494 e. The zero-order valence-corrected chi connectivity index (χ0v) is 18.5. The Balaban J connectivity index is 1.86. The summed E-state index contributed by atoms with van der Waals surface area (Å²) >= 11 is 0. The molecule has 2 unspecified atom stereocenters. The van der Waals surface area contributed by atoms with Gasteiger partial charge in [-0.15, -0.1) is 0 Å². The van der Waals surface area contributed by atoms with Crippen LogP contribution in [0.25, 0.3) is 0 Å². The summed E-state index contributed by atoms with van der Waals surface area (Å²) in [5.41, 5.74) is 11.1. The Bertz CT molecular complexity index is 900. The lowest BCUT2D eigenvalue weighted by Gasteiger charge is -2.22. The second-order valence-electron chi connectivity index (χ2n) is 7.21. The maximum Gasteiger partial charge on any atom is 0.312 e. The molecule has 172 valence electrons. The van der Waals surface area contributed by atoms with Gasteiger partial charge in [-0.3, -0.25) is 20.4 Å². The standard InChI is InChI=1S/C23H30N4O5/c1-4-15(3)20(25-23(24)30)22(29)27-26-21(28)17-8-6-16(7-9-17)14-32-19-12-10-18(11-13-19)31-5-2/h6-13,15,20H,4-5,14H2,1-3H3,(H,26,28)(H,27,29)(H3,24,25,30). The van der Waals surface area contributed by atoms with Crippen LogP contribution in [0, 0.1) is 5.92 Å². The molecule has 9 heteroatoms. The van der Waals surface area contributed by atoms with E-state index in [0.29, 0.717) is 30.9 Å². The van der Waals surface area contributed by atoms with Crippen molar-refractivity contribution in [1.29, 1.82) is 0 Å². The molecule has 32 heavy (non-hydrogen) atoms. The van der Waals surface area contributed by atoms with Crippen molar-refractivity contribution in [3.8, 4) is 11.5 Å². The van der Waals surface area contributed by atoms with Gasteiger partial charge in [0.1, 0.15) is 24.1 Å². The number of hydrazine groups is 1.